The van der Waals surface area contributed by atoms with Crippen LogP contribution in [0.5, 0.6) is 0 Å². The molecule has 0 fully saturated rings. The summed E-state index contributed by atoms with van der Waals surface area (Å²) in [6, 6.07) is 64.5. The van der Waals surface area contributed by atoms with Gasteiger partial charge >= 0.3 is 0 Å². The third kappa shape index (κ3) is 4.01. The Morgan fingerprint density at radius 3 is 1.39 bits per heavy atom. The number of hydrogen-bond donors (Lipinski definition) is 0. The first-order chi connectivity index (χ1) is 26.8. The SMILES string of the molecule is c1ccc(-c2nc3ccccc3n2-c2ccc(-n3c4ccccc4c4c5oc6c(ccc7c6c6ccccc6n7-c6ccccc6)c5ccc43)cc2)cc1. The average molecular weight is 691 g/mol. The second-order valence-electron chi connectivity index (χ2n) is 14.0. The Morgan fingerprint density at radius 1 is 0.333 bits per heavy atom. The van der Waals surface area contributed by atoms with E-state index in [1.165, 1.54) is 5.39 Å². The van der Waals surface area contributed by atoms with Crippen molar-refractivity contribution in [3.05, 3.63) is 182 Å². The summed E-state index contributed by atoms with van der Waals surface area (Å²) < 4.78 is 14.1. The standard InChI is InChI=1S/C49H30N4O/c1-3-13-31(14-4-1)49-50-39-19-9-12-22-42(39)53(49)34-25-23-33(24-26-34)52-41-21-11-8-18-38(41)46-44(52)30-28-36-35-27-29-43-45(47(35)54-48(36)46)37-17-7-10-20-40(37)51(43)32-15-5-2-6-16-32/h1-30H. The zero-order chi connectivity index (χ0) is 35.3. The van der Waals surface area contributed by atoms with Gasteiger partial charge in [-0.2, -0.15) is 0 Å². The number of aromatic nitrogens is 4. The molecular formula is C49H30N4O. The van der Waals surface area contributed by atoms with Gasteiger partial charge in [-0.05, 0) is 84.9 Å². The molecule has 252 valence electrons. The van der Waals surface area contributed by atoms with Crippen LogP contribution in [0.2, 0.25) is 0 Å². The van der Waals surface area contributed by atoms with E-state index in [1.807, 2.05) is 12.1 Å². The molecule has 0 spiro atoms. The first-order valence-electron chi connectivity index (χ1n) is 18.3. The van der Waals surface area contributed by atoms with E-state index in [1.54, 1.807) is 0 Å². The molecule has 0 saturated carbocycles. The Kier molecular flexibility index (Phi) is 5.99. The summed E-state index contributed by atoms with van der Waals surface area (Å²) in [6.07, 6.45) is 0. The lowest BCUT2D eigenvalue weighted by Gasteiger charge is -2.12. The van der Waals surface area contributed by atoms with Gasteiger partial charge in [0.15, 0.2) is 0 Å². The Balaban J connectivity index is 1.08. The Morgan fingerprint density at radius 2 is 0.796 bits per heavy atom. The summed E-state index contributed by atoms with van der Waals surface area (Å²) in [7, 11) is 0. The maximum absolute atomic E-state index is 7.12. The Labute approximate surface area is 309 Å². The molecule has 0 atom stereocenters. The van der Waals surface area contributed by atoms with Crippen LogP contribution in [-0.2, 0) is 0 Å². The Hall–Kier alpha value is -7.37. The summed E-state index contributed by atoms with van der Waals surface area (Å²) in [4.78, 5) is 5.06. The molecular weight excluding hydrogens is 661 g/mol. The van der Waals surface area contributed by atoms with Gasteiger partial charge in [-0.15, -0.1) is 0 Å². The van der Waals surface area contributed by atoms with Gasteiger partial charge in [-0.1, -0.05) is 97.1 Å². The smallest absolute Gasteiger partial charge is 0.145 e. The van der Waals surface area contributed by atoms with Crippen molar-refractivity contribution in [2.75, 3.05) is 0 Å². The molecule has 0 unspecified atom stereocenters. The zero-order valence-electron chi connectivity index (χ0n) is 29.0. The molecule has 4 aromatic heterocycles. The summed E-state index contributed by atoms with van der Waals surface area (Å²) in [5.41, 5.74) is 12.8. The molecule has 0 radical (unpaired) electrons. The van der Waals surface area contributed by atoms with Crippen molar-refractivity contribution in [2.45, 2.75) is 0 Å². The predicted octanol–water partition coefficient (Wildman–Crippen LogP) is 12.8. The lowest BCUT2D eigenvalue weighted by atomic mass is 10.1. The van der Waals surface area contributed by atoms with Crippen LogP contribution in [0.1, 0.15) is 0 Å². The molecule has 0 aliphatic rings. The van der Waals surface area contributed by atoms with Crippen molar-refractivity contribution < 1.29 is 4.42 Å². The van der Waals surface area contributed by atoms with Crippen LogP contribution in [0.4, 0.5) is 0 Å². The van der Waals surface area contributed by atoms with Gasteiger partial charge < -0.3 is 13.6 Å². The molecule has 0 N–H and O–H groups in total. The quantitative estimate of drug-likeness (QED) is 0.184. The summed E-state index contributed by atoms with van der Waals surface area (Å²) in [5, 5.41) is 6.85. The van der Waals surface area contributed by atoms with Crippen molar-refractivity contribution in [3.8, 4) is 28.5 Å². The number of nitrogens with zero attached hydrogens (tertiary/aromatic N) is 4. The third-order valence-electron chi connectivity index (χ3n) is 11.0. The topological polar surface area (TPSA) is 40.8 Å². The van der Waals surface area contributed by atoms with Crippen molar-refractivity contribution in [3.63, 3.8) is 0 Å². The molecule has 0 aliphatic carbocycles. The number of furan rings is 1. The van der Waals surface area contributed by atoms with E-state index in [0.717, 1.165) is 99.6 Å². The van der Waals surface area contributed by atoms with Crippen molar-refractivity contribution in [1.29, 1.82) is 0 Å². The van der Waals surface area contributed by atoms with Gasteiger partial charge in [0.1, 0.15) is 17.0 Å². The fraction of sp³-hybridized carbons (Fsp3) is 0. The van der Waals surface area contributed by atoms with E-state index >= 15 is 0 Å². The molecule has 0 aliphatic heterocycles. The average Bonchev–Trinajstić information content (AvgIpc) is 3.99. The van der Waals surface area contributed by atoms with Crippen LogP contribution in [0.15, 0.2) is 186 Å². The van der Waals surface area contributed by atoms with Crippen molar-refractivity contribution in [1.82, 2.24) is 18.7 Å². The molecule has 8 aromatic carbocycles. The van der Waals surface area contributed by atoms with Gasteiger partial charge in [0.05, 0.1) is 43.9 Å². The van der Waals surface area contributed by atoms with Gasteiger partial charge in [0, 0.05) is 44.2 Å². The van der Waals surface area contributed by atoms with E-state index in [-0.39, 0.29) is 0 Å². The molecule has 0 bridgehead atoms. The molecule has 54 heavy (non-hydrogen) atoms. The number of para-hydroxylation sites is 5. The molecule has 0 saturated heterocycles. The summed E-state index contributed by atoms with van der Waals surface area (Å²) in [5.74, 6) is 0.926. The van der Waals surface area contributed by atoms with Crippen molar-refractivity contribution >= 4 is 76.6 Å². The third-order valence-corrected chi connectivity index (χ3v) is 11.0. The van der Waals surface area contributed by atoms with E-state index in [4.69, 9.17) is 9.40 Å². The number of imidazole rings is 1. The minimum atomic E-state index is 0.913. The summed E-state index contributed by atoms with van der Waals surface area (Å²) in [6.45, 7) is 0. The highest BCUT2D eigenvalue weighted by molar-refractivity contribution is 6.29. The largest absolute Gasteiger partial charge is 0.455 e. The van der Waals surface area contributed by atoms with Crippen LogP contribution >= 0.6 is 0 Å². The predicted molar refractivity (Wildman–Crippen MR) is 222 cm³/mol. The zero-order valence-corrected chi connectivity index (χ0v) is 29.0. The second kappa shape index (κ2) is 11.1. The highest BCUT2D eigenvalue weighted by atomic mass is 16.3. The molecule has 5 heteroatoms. The molecule has 0 amide bonds. The molecule has 4 heterocycles. The van der Waals surface area contributed by atoms with Gasteiger partial charge in [-0.3, -0.25) is 4.57 Å². The number of fused-ring (bicyclic) bond motifs is 12. The highest BCUT2D eigenvalue weighted by Gasteiger charge is 2.22. The van der Waals surface area contributed by atoms with Gasteiger partial charge in [-0.25, -0.2) is 4.98 Å². The first-order valence-corrected chi connectivity index (χ1v) is 18.3. The highest BCUT2D eigenvalue weighted by Crippen LogP contribution is 2.44. The summed E-state index contributed by atoms with van der Waals surface area (Å²) >= 11 is 0. The minimum Gasteiger partial charge on any atom is -0.455 e. The van der Waals surface area contributed by atoms with Crippen LogP contribution < -0.4 is 0 Å². The lowest BCUT2D eigenvalue weighted by Crippen LogP contribution is -1.99. The van der Waals surface area contributed by atoms with Gasteiger partial charge in [0.25, 0.3) is 0 Å². The van der Waals surface area contributed by atoms with E-state index in [2.05, 4.69) is 184 Å². The van der Waals surface area contributed by atoms with Gasteiger partial charge in [0.2, 0.25) is 0 Å². The fourth-order valence-corrected chi connectivity index (χ4v) is 8.75. The number of rotatable bonds is 4. The maximum atomic E-state index is 7.12. The molecule has 5 nitrogen and oxygen atoms in total. The normalized spacial score (nSPS) is 12.1. The van der Waals surface area contributed by atoms with Crippen LogP contribution in [0, 0.1) is 0 Å². The molecule has 12 rings (SSSR count). The first kappa shape index (κ1) is 29.2. The van der Waals surface area contributed by atoms with E-state index < -0.39 is 0 Å². The van der Waals surface area contributed by atoms with Crippen LogP contribution in [0.3, 0.4) is 0 Å². The monoisotopic (exact) mass is 690 g/mol. The van der Waals surface area contributed by atoms with E-state index in [0.29, 0.717) is 0 Å². The van der Waals surface area contributed by atoms with Crippen LogP contribution in [0.25, 0.3) is 105 Å². The molecule has 12 aromatic rings. The Bertz CT molecular complexity index is 3420. The van der Waals surface area contributed by atoms with Crippen molar-refractivity contribution in [2.24, 2.45) is 0 Å². The minimum absolute atomic E-state index is 0.913. The second-order valence-corrected chi connectivity index (χ2v) is 14.0. The lowest BCUT2D eigenvalue weighted by molar-refractivity contribution is 0.677. The number of hydrogen-bond acceptors (Lipinski definition) is 2. The van der Waals surface area contributed by atoms with Crippen LogP contribution in [-0.4, -0.2) is 18.7 Å². The fourth-order valence-electron chi connectivity index (χ4n) is 8.75. The maximum Gasteiger partial charge on any atom is 0.145 e. The number of benzene rings is 8. The van der Waals surface area contributed by atoms with E-state index in [9.17, 15) is 0 Å².